The smallest absolute Gasteiger partial charge is 0.252 e. The Morgan fingerprint density at radius 3 is 2.35 bits per heavy atom. The van der Waals surface area contributed by atoms with Crippen LogP contribution in [0.25, 0.3) is 16.8 Å². The summed E-state index contributed by atoms with van der Waals surface area (Å²) in [5, 5.41) is 0. The predicted molar refractivity (Wildman–Crippen MR) is 91.7 cm³/mol. The van der Waals surface area contributed by atoms with Gasteiger partial charge in [0.1, 0.15) is 11.5 Å². The van der Waals surface area contributed by atoms with Crippen LogP contribution in [0.1, 0.15) is 17.1 Å². The lowest BCUT2D eigenvalue weighted by Crippen LogP contribution is -2.15. The van der Waals surface area contributed by atoms with Crippen molar-refractivity contribution in [3.05, 3.63) is 70.2 Å². The van der Waals surface area contributed by atoms with Crippen molar-refractivity contribution in [2.75, 3.05) is 0 Å². The number of pyridine rings is 1. The fourth-order valence-corrected chi connectivity index (χ4v) is 2.47. The van der Waals surface area contributed by atoms with E-state index in [1.807, 2.05) is 13.0 Å². The molecular formula is C19H17N3O. The van der Waals surface area contributed by atoms with Crippen molar-refractivity contribution in [1.29, 1.82) is 0 Å². The zero-order valence-electron chi connectivity index (χ0n) is 13.4. The Hall–Kier alpha value is -3.06. The average Bonchev–Trinajstić information content (AvgIpc) is 2.89. The Balaban J connectivity index is 0.000000183. The molecule has 0 spiro atoms. The average molecular weight is 303 g/mol. The first-order valence-electron chi connectivity index (χ1n) is 7.30. The van der Waals surface area contributed by atoms with Gasteiger partial charge in [-0.2, -0.15) is 0 Å². The van der Waals surface area contributed by atoms with Crippen LogP contribution in [-0.4, -0.2) is 14.1 Å². The number of nitrogens with zero attached hydrogens (tertiary/aromatic N) is 3. The Morgan fingerprint density at radius 1 is 1.17 bits per heavy atom. The second-order valence-electron chi connectivity index (χ2n) is 5.55. The van der Waals surface area contributed by atoms with E-state index in [2.05, 4.69) is 36.0 Å². The van der Waals surface area contributed by atoms with E-state index in [4.69, 9.17) is 6.42 Å². The van der Waals surface area contributed by atoms with Crippen molar-refractivity contribution in [3.63, 3.8) is 0 Å². The van der Waals surface area contributed by atoms with Crippen LogP contribution in [0.15, 0.2) is 47.5 Å². The molecular weight excluding hydrogens is 286 g/mol. The van der Waals surface area contributed by atoms with Crippen molar-refractivity contribution in [1.82, 2.24) is 14.1 Å². The molecule has 0 saturated heterocycles. The number of rotatable bonds is 1. The Kier molecular flexibility index (Phi) is 3.63. The van der Waals surface area contributed by atoms with Gasteiger partial charge in [-0.25, -0.2) is 4.98 Å². The zero-order chi connectivity index (χ0) is 16.6. The second-order valence-corrected chi connectivity index (χ2v) is 5.55. The van der Waals surface area contributed by atoms with Gasteiger partial charge in [0.25, 0.3) is 5.56 Å². The maximum Gasteiger partial charge on any atom is 0.252 e. The molecule has 0 N–H and O–H groups in total. The quantitative estimate of drug-likeness (QED) is 0.507. The number of fused-ring (bicyclic) bond motifs is 1. The second kappa shape index (κ2) is 5.62. The van der Waals surface area contributed by atoms with Crippen molar-refractivity contribution in [2.24, 2.45) is 7.05 Å². The number of imidazole rings is 1. The van der Waals surface area contributed by atoms with Gasteiger partial charge in [-0.15, -0.1) is 6.42 Å². The van der Waals surface area contributed by atoms with Gasteiger partial charge in [0.15, 0.2) is 0 Å². The number of hydrogen-bond acceptors (Lipinski definition) is 2. The van der Waals surface area contributed by atoms with Crippen LogP contribution >= 0.6 is 0 Å². The SMILES string of the molecule is C#Cc1cn(-c2ccn(C)c(=O)c2)c(C)n1.Cc1cc2ccc1-2. The van der Waals surface area contributed by atoms with Gasteiger partial charge in [0.2, 0.25) is 0 Å². The third kappa shape index (κ3) is 2.69. The molecule has 0 aromatic carbocycles. The van der Waals surface area contributed by atoms with E-state index < -0.39 is 0 Å². The molecule has 2 heterocycles. The standard InChI is InChI=1S/C12H11N3O.C7H6/c1-4-10-8-15(9(2)13-10)11-5-6-14(3)12(16)7-11;1-5-4-6-2-3-7(5)6/h1,5-8H,2-3H3;2-4H,1H3. The number of terminal acetylenes is 1. The maximum atomic E-state index is 11.5. The van der Waals surface area contributed by atoms with E-state index in [0.717, 1.165) is 11.5 Å². The highest BCUT2D eigenvalue weighted by Gasteiger charge is 2.11. The van der Waals surface area contributed by atoms with Crippen molar-refractivity contribution >= 4 is 0 Å². The lowest BCUT2D eigenvalue weighted by Gasteiger charge is -2.17. The third-order valence-corrected chi connectivity index (χ3v) is 3.93. The summed E-state index contributed by atoms with van der Waals surface area (Å²) in [6, 6.07) is 9.90. The molecule has 2 aromatic rings. The normalized spacial score (nSPS) is 10.5. The molecule has 4 heteroatoms. The van der Waals surface area contributed by atoms with Gasteiger partial charge < -0.3 is 9.13 Å². The molecule has 0 bridgehead atoms. The van der Waals surface area contributed by atoms with Gasteiger partial charge >= 0.3 is 0 Å². The van der Waals surface area contributed by atoms with Gasteiger partial charge in [0, 0.05) is 25.5 Å². The Morgan fingerprint density at radius 2 is 1.96 bits per heavy atom. The molecule has 0 atom stereocenters. The number of aryl methyl sites for hydroxylation is 3. The van der Waals surface area contributed by atoms with Crippen LogP contribution in [0.3, 0.4) is 0 Å². The van der Waals surface area contributed by atoms with Crippen molar-refractivity contribution < 1.29 is 0 Å². The van der Waals surface area contributed by atoms with Crippen LogP contribution in [-0.2, 0) is 7.05 Å². The largest absolute Gasteiger partial charge is 0.318 e. The topological polar surface area (TPSA) is 39.8 Å². The first kappa shape index (κ1) is 14.9. The predicted octanol–water partition coefficient (Wildman–Crippen LogP) is 2.84. The lowest BCUT2D eigenvalue weighted by atomic mass is 9.88. The maximum absolute atomic E-state index is 11.5. The lowest BCUT2D eigenvalue weighted by molar-refractivity contribution is 0.847. The minimum absolute atomic E-state index is 0.0622. The first-order chi connectivity index (χ1) is 11.0. The summed E-state index contributed by atoms with van der Waals surface area (Å²) in [7, 11) is 1.71. The van der Waals surface area contributed by atoms with E-state index in [1.165, 1.54) is 21.3 Å². The highest BCUT2D eigenvalue weighted by Crippen LogP contribution is 2.35. The monoisotopic (exact) mass is 303 g/mol. The number of benzene rings is 1. The van der Waals surface area contributed by atoms with E-state index in [9.17, 15) is 4.79 Å². The molecule has 0 aliphatic heterocycles. The number of aromatic nitrogens is 3. The van der Waals surface area contributed by atoms with E-state index in [1.54, 1.807) is 30.1 Å². The third-order valence-electron chi connectivity index (χ3n) is 3.93. The van der Waals surface area contributed by atoms with Crippen LogP contribution in [0.2, 0.25) is 0 Å². The molecule has 4 rings (SSSR count). The Bertz CT molecular complexity index is 987. The summed E-state index contributed by atoms with van der Waals surface area (Å²) in [6.07, 6.45) is 8.73. The molecule has 2 aliphatic rings. The van der Waals surface area contributed by atoms with E-state index in [-0.39, 0.29) is 5.56 Å². The van der Waals surface area contributed by atoms with Crippen LogP contribution in [0, 0.1) is 26.2 Å². The van der Waals surface area contributed by atoms with E-state index >= 15 is 0 Å². The van der Waals surface area contributed by atoms with Gasteiger partial charge in [0.05, 0.1) is 5.69 Å². The molecule has 4 nitrogen and oxygen atoms in total. The minimum atomic E-state index is -0.0622. The molecule has 0 radical (unpaired) electrons. The molecule has 0 unspecified atom stereocenters. The highest BCUT2D eigenvalue weighted by atomic mass is 16.1. The summed E-state index contributed by atoms with van der Waals surface area (Å²) >= 11 is 0. The summed E-state index contributed by atoms with van der Waals surface area (Å²) in [6.45, 7) is 3.99. The summed E-state index contributed by atoms with van der Waals surface area (Å²) in [5.41, 5.74) is 5.63. The van der Waals surface area contributed by atoms with Gasteiger partial charge in [-0.05, 0) is 42.5 Å². The molecule has 0 fully saturated rings. The fourth-order valence-electron chi connectivity index (χ4n) is 2.47. The van der Waals surface area contributed by atoms with Gasteiger partial charge in [-0.1, -0.05) is 18.2 Å². The molecule has 23 heavy (non-hydrogen) atoms. The summed E-state index contributed by atoms with van der Waals surface area (Å²) in [4.78, 5) is 15.7. The molecule has 2 aliphatic carbocycles. The molecule has 114 valence electrons. The van der Waals surface area contributed by atoms with Crippen molar-refractivity contribution in [3.8, 4) is 29.2 Å². The molecule has 0 saturated carbocycles. The number of hydrogen-bond donors (Lipinski definition) is 0. The van der Waals surface area contributed by atoms with Crippen LogP contribution < -0.4 is 5.56 Å². The zero-order valence-corrected chi connectivity index (χ0v) is 13.4. The minimum Gasteiger partial charge on any atom is -0.318 e. The van der Waals surface area contributed by atoms with Crippen molar-refractivity contribution in [2.45, 2.75) is 13.8 Å². The first-order valence-corrected chi connectivity index (χ1v) is 7.30. The van der Waals surface area contributed by atoms with Crippen LogP contribution in [0.4, 0.5) is 0 Å². The van der Waals surface area contributed by atoms with E-state index in [0.29, 0.717) is 5.69 Å². The van der Waals surface area contributed by atoms with Crippen LogP contribution in [0.5, 0.6) is 0 Å². The molecule has 2 aromatic heterocycles. The highest BCUT2D eigenvalue weighted by molar-refractivity contribution is 5.80. The Labute approximate surface area is 135 Å². The van der Waals surface area contributed by atoms with Gasteiger partial charge in [-0.3, -0.25) is 4.79 Å². The summed E-state index contributed by atoms with van der Waals surface area (Å²) < 4.78 is 3.31. The summed E-state index contributed by atoms with van der Waals surface area (Å²) in [5.74, 6) is 3.23. The molecule has 0 amide bonds. The fraction of sp³-hybridized carbons (Fsp3) is 0.158.